The van der Waals surface area contributed by atoms with Gasteiger partial charge in [-0.2, -0.15) is 0 Å². The van der Waals surface area contributed by atoms with Crippen LogP contribution in [0.15, 0.2) is 36.4 Å². The summed E-state index contributed by atoms with van der Waals surface area (Å²) in [4.78, 5) is 26.1. The Labute approximate surface area is 166 Å². The number of amides is 1. The highest BCUT2D eigenvalue weighted by Gasteiger charge is 2.19. The van der Waals surface area contributed by atoms with Gasteiger partial charge in [0.05, 0.1) is 10.6 Å². The van der Waals surface area contributed by atoms with Crippen LogP contribution in [-0.4, -0.2) is 43.1 Å². The van der Waals surface area contributed by atoms with Crippen LogP contribution in [0.1, 0.15) is 22.8 Å². The van der Waals surface area contributed by atoms with Gasteiger partial charge in [0, 0.05) is 13.1 Å². The molecular weight excluding hydrogens is 389 g/mol. The smallest absolute Gasteiger partial charge is 0.340 e. The second-order valence-corrected chi connectivity index (χ2v) is 6.49. The largest absolute Gasteiger partial charge is 0.486 e. The van der Waals surface area contributed by atoms with Crippen molar-refractivity contribution in [3.05, 3.63) is 58.4 Å². The van der Waals surface area contributed by atoms with Gasteiger partial charge in [-0.25, -0.2) is 9.18 Å². The molecule has 1 aliphatic heterocycles. The van der Waals surface area contributed by atoms with Gasteiger partial charge in [-0.15, -0.1) is 0 Å². The monoisotopic (exact) mass is 407 g/mol. The first-order valence-corrected chi connectivity index (χ1v) is 9.14. The minimum absolute atomic E-state index is 0.00533. The molecule has 3 rings (SSSR count). The van der Waals surface area contributed by atoms with Gasteiger partial charge < -0.3 is 19.1 Å². The molecule has 1 amide bonds. The molecular formula is C20H19ClFNO5. The fraction of sp³-hybridized carbons (Fsp3) is 0.300. The summed E-state index contributed by atoms with van der Waals surface area (Å²) in [6.07, 6.45) is 0. The van der Waals surface area contributed by atoms with Crippen LogP contribution in [0, 0.1) is 5.82 Å². The van der Waals surface area contributed by atoms with Crippen LogP contribution >= 0.6 is 11.6 Å². The highest BCUT2D eigenvalue weighted by atomic mass is 35.5. The van der Waals surface area contributed by atoms with Crippen molar-refractivity contribution in [1.29, 1.82) is 0 Å². The van der Waals surface area contributed by atoms with E-state index < -0.39 is 18.4 Å². The number of ether oxygens (including phenoxy) is 3. The number of carbonyl (C=O) groups is 2. The Kier molecular flexibility index (Phi) is 6.36. The number of halogens is 2. The van der Waals surface area contributed by atoms with Crippen LogP contribution in [0.2, 0.25) is 5.02 Å². The molecule has 8 heteroatoms. The Morgan fingerprint density at radius 1 is 1.14 bits per heavy atom. The van der Waals surface area contributed by atoms with Crippen LogP contribution in [-0.2, 0) is 16.1 Å². The maximum absolute atomic E-state index is 13.1. The highest BCUT2D eigenvalue weighted by Crippen LogP contribution is 2.31. The second-order valence-electron chi connectivity index (χ2n) is 6.09. The SMILES string of the molecule is CCN(Cc1ccc2c(c1)OCCO2)C(=O)COC(=O)c1ccc(F)cc1Cl. The Balaban J connectivity index is 1.59. The number of nitrogens with zero attached hydrogens (tertiary/aromatic N) is 1. The van der Waals surface area contributed by atoms with Crippen molar-refractivity contribution in [2.75, 3.05) is 26.4 Å². The van der Waals surface area contributed by atoms with Crippen molar-refractivity contribution >= 4 is 23.5 Å². The standard InChI is InChI=1S/C20H19ClFNO5/c1-2-23(11-13-3-6-17-18(9-13)27-8-7-26-17)19(24)12-28-20(25)15-5-4-14(22)10-16(15)21/h3-6,9-10H,2,7-8,11-12H2,1H3. The zero-order valence-electron chi connectivity index (χ0n) is 15.2. The summed E-state index contributed by atoms with van der Waals surface area (Å²) in [6.45, 7) is 3.15. The van der Waals surface area contributed by atoms with Gasteiger partial charge >= 0.3 is 5.97 Å². The molecule has 0 unspecified atom stereocenters. The average molecular weight is 408 g/mol. The molecule has 6 nitrogen and oxygen atoms in total. The maximum Gasteiger partial charge on any atom is 0.340 e. The van der Waals surface area contributed by atoms with E-state index in [4.69, 9.17) is 25.8 Å². The van der Waals surface area contributed by atoms with Gasteiger partial charge in [0.25, 0.3) is 5.91 Å². The minimum Gasteiger partial charge on any atom is -0.486 e. The Morgan fingerprint density at radius 2 is 1.89 bits per heavy atom. The third kappa shape index (κ3) is 4.72. The number of fused-ring (bicyclic) bond motifs is 1. The zero-order valence-corrected chi connectivity index (χ0v) is 16.0. The summed E-state index contributed by atoms with van der Waals surface area (Å²) < 4.78 is 29.1. The Hall–Kier alpha value is -2.80. The summed E-state index contributed by atoms with van der Waals surface area (Å²) in [6, 6.07) is 8.82. The summed E-state index contributed by atoms with van der Waals surface area (Å²) >= 11 is 5.84. The van der Waals surface area contributed by atoms with E-state index in [1.165, 1.54) is 6.07 Å². The van der Waals surface area contributed by atoms with Crippen molar-refractivity contribution in [1.82, 2.24) is 4.90 Å². The lowest BCUT2D eigenvalue weighted by Gasteiger charge is -2.23. The molecule has 0 saturated carbocycles. The van der Waals surface area contributed by atoms with E-state index in [0.29, 0.717) is 37.8 Å². The van der Waals surface area contributed by atoms with Crippen LogP contribution in [0.5, 0.6) is 11.5 Å². The molecule has 28 heavy (non-hydrogen) atoms. The molecule has 2 aromatic carbocycles. The minimum atomic E-state index is -0.784. The van der Waals surface area contributed by atoms with E-state index >= 15 is 0 Å². The normalized spacial score (nSPS) is 12.4. The fourth-order valence-electron chi connectivity index (χ4n) is 2.73. The lowest BCUT2D eigenvalue weighted by atomic mass is 10.1. The van der Waals surface area contributed by atoms with E-state index in [0.717, 1.165) is 17.7 Å². The lowest BCUT2D eigenvalue weighted by Crippen LogP contribution is -2.34. The lowest BCUT2D eigenvalue weighted by molar-refractivity contribution is -0.134. The molecule has 1 aliphatic rings. The van der Waals surface area contributed by atoms with Crippen molar-refractivity contribution in [2.24, 2.45) is 0 Å². The zero-order chi connectivity index (χ0) is 20.1. The van der Waals surface area contributed by atoms with E-state index in [1.807, 2.05) is 19.1 Å². The molecule has 0 fully saturated rings. The van der Waals surface area contributed by atoms with E-state index in [9.17, 15) is 14.0 Å². The molecule has 0 aliphatic carbocycles. The quantitative estimate of drug-likeness (QED) is 0.686. The second kappa shape index (κ2) is 8.93. The fourth-order valence-corrected chi connectivity index (χ4v) is 2.98. The number of esters is 1. The first-order chi connectivity index (χ1) is 13.5. The number of likely N-dealkylation sites (N-methyl/N-ethyl adjacent to an activating group) is 1. The maximum atomic E-state index is 13.1. The van der Waals surface area contributed by atoms with Gasteiger partial charge in [0.2, 0.25) is 0 Å². The predicted octanol–water partition coefficient (Wildman–Crippen LogP) is 3.46. The number of hydrogen-bond donors (Lipinski definition) is 0. The van der Waals surface area contributed by atoms with E-state index in [1.54, 1.807) is 11.0 Å². The molecule has 0 spiro atoms. The Morgan fingerprint density at radius 3 is 2.61 bits per heavy atom. The number of carbonyl (C=O) groups excluding carboxylic acids is 2. The summed E-state index contributed by atoms with van der Waals surface area (Å²) in [7, 11) is 0. The van der Waals surface area contributed by atoms with Crippen LogP contribution < -0.4 is 9.47 Å². The van der Waals surface area contributed by atoms with Crippen molar-refractivity contribution < 1.29 is 28.2 Å². The molecule has 0 radical (unpaired) electrons. The van der Waals surface area contributed by atoms with Crippen molar-refractivity contribution in [3.63, 3.8) is 0 Å². The Bertz CT molecular complexity index is 889. The van der Waals surface area contributed by atoms with Crippen LogP contribution in [0.4, 0.5) is 4.39 Å². The third-order valence-electron chi connectivity index (χ3n) is 4.19. The third-order valence-corrected chi connectivity index (χ3v) is 4.50. The van der Waals surface area contributed by atoms with Crippen molar-refractivity contribution in [2.45, 2.75) is 13.5 Å². The first kappa shape index (κ1) is 19.9. The molecule has 0 bridgehead atoms. The number of benzene rings is 2. The average Bonchev–Trinajstić information content (AvgIpc) is 2.69. The molecule has 2 aromatic rings. The summed E-state index contributed by atoms with van der Waals surface area (Å²) in [5.74, 6) is -0.383. The summed E-state index contributed by atoms with van der Waals surface area (Å²) in [5, 5.41) is -0.0684. The van der Waals surface area contributed by atoms with Gasteiger partial charge in [-0.3, -0.25) is 4.79 Å². The van der Waals surface area contributed by atoms with Gasteiger partial charge in [0.15, 0.2) is 18.1 Å². The topological polar surface area (TPSA) is 65.1 Å². The predicted molar refractivity (Wildman–Crippen MR) is 100 cm³/mol. The molecule has 0 N–H and O–H groups in total. The van der Waals surface area contributed by atoms with Gasteiger partial charge in [-0.1, -0.05) is 17.7 Å². The van der Waals surface area contributed by atoms with E-state index in [2.05, 4.69) is 0 Å². The van der Waals surface area contributed by atoms with Gasteiger partial charge in [-0.05, 0) is 42.8 Å². The van der Waals surface area contributed by atoms with Crippen molar-refractivity contribution in [3.8, 4) is 11.5 Å². The highest BCUT2D eigenvalue weighted by molar-refractivity contribution is 6.33. The summed E-state index contributed by atoms with van der Waals surface area (Å²) in [5.41, 5.74) is 0.873. The van der Waals surface area contributed by atoms with Crippen LogP contribution in [0.3, 0.4) is 0 Å². The molecule has 0 aromatic heterocycles. The number of rotatable bonds is 6. The molecule has 1 heterocycles. The van der Waals surface area contributed by atoms with Crippen LogP contribution in [0.25, 0.3) is 0 Å². The molecule has 0 atom stereocenters. The number of hydrogen-bond acceptors (Lipinski definition) is 5. The first-order valence-electron chi connectivity index (χ1n) is 8.76. The molecule has 148 valence electrons. The molecule has 0 saturated heterocycles. The van der Waals surface area contributed by atoms with E-state index in [-0.39, 0.29) is 16.5 Å². The van der Waals surface area contributed by atoms with Gasteiger partial charge in [0.1, 0.15) is 19.0 Å².